The summed E-state index contributed by atoms with van der Waals surface area (Å²) in [5.74, 6) is 2.00. The fraction of sp³-hybridized carbons (Fsp3) is 0.647. The summed E-state index contributed by atoms with van der Waals surface area (Å²) in [6.45, 7) is 7.41. The lowest BCUT2D eigenvalue weighted by Crippen LogP contribution is -2.44. The van der Waals surface area contributed by atoms with Gasteiger partial charge in [-0.15, -0.1) is 0 Å². The van der Waals surface area contributed by atoms with Crippen LogP contribution < -0.4 is 10.6 Å². The van der Waals surface area contributed by atoms with Crippen molar-refractivity contribution < 1.29 is 14.0 Å². The number of urea groups is 1. The van der Waals surface area contributed by atoms with Crippen molar-refractivity contribution in [3.8, 4) is 0 Å². The molecule has 2 rings (SSSR count). The van der Waals surface area contributed by atoms with Crippen LogP contribution in [0.4, 0.5) is 4.79 Å². The molecule has 1 fully saturated rings. The molecule has 0 radical (unpaired) electrons. The first-order chi connectivity index (χ1) is 11.0. The highest BCUT2D eigenvalue weighted by atomic mass is 16.3. The summed E-state index contributed by atoms with van der Waals surface area (Å²) in [7, 11) is 0. The van der Waals surface area contributed by atoms with E-state index in [1.54, 1.807) is 4.90 Å². The smallest absolute Gasteiger partial charge is 0.318 e. The van der Waals surface area contributed by atoms with Gasteiger partial charge in [0.05, 0.1) is 12.6 Å². The Balaban J connectivity index is 1.86. The van der Waals surface area contributed by atoms with Crippen LogP contribution in [0.5, 0.6) is 0 Å². The van der Waals surface area contributed by atoms with Crippen LogP contribution in [0.3, 0.4) is 0 Å². The minimum atomic E-state index is -0.207. The summed E-state index contributed by atoms with van der Waals surface area (Å²) < 4.78 is 5.79. The van der Waals surface area contributed by atoms with Gasteiger partial charge in [-0.05, 0) is 30.9 Å². The first kappa shape index (κ1) is 17.4. The van der Waals surface area contributed by atoms with Crippen molar-refractivity contribution in [2.24, 2.45) is 5.92 Å². The molecule has 0 aromatic carbocycles. The zero-order valence-corrected chi connectivity index (χ0v) is 14.2. The number of carbonyl (C=O) groups is 2. The third-order valence-corrected chi connectivity index (χ3v) is 3.98. The fourth-order valence-corrected chi connectivity index (χ4v) is 2.71. The average molecular weight is 321 g/mol. The molecule has 0 bridgehead atoms. The van der Waals surface area contributed by atoms with E-state index in [1.165, 1.54) is 0 Å². The number of amides is 3. The van der Waals surface area contributed by atoms with Gasteiger partial charge in [0.2, 0.25) is 5.91 Å². The molecule has 1 aliphatic rings. The summed E-state index contributed by atoms with van der Waals surface area (Å²) in [5.41, 5.74) is 0. The molecule has 1 atom stereocenters. The predicted octanol–water partition coefficient (Wildman–Crippen LogP) is 2.46. The second-order valence-electron chi connectivity index (χ2n) is 6.37. The van der Waals surface area contributed by atoms with E-state index in [2.05, 4.69) is 10.6 Å². The Kier molecular flexibility index (Phi) is 6.07. The van der Waals surface area contributed by atoms with Gasteiger partial charge in [0, 0.05) is 19.5 Å². The third kappa shape index (κ3) is 4.74. The van der Waals surface area contributed by atoms with E-state index in [0.717, 1.165) is 30.8 Å². The molecule has 1 aromatic rings. The van der Waals surface area contributed by atoms with E-state index in [4.69, 9.17) is 4.42 Å². The molecule has 0 spiro atoms. The van der Waals surface area contributed by atoms with Gasteiger partial charge in [0.25, 0.3) is 0 Å². The van der Waals surface area contributed by atoms with Crippen molar-refractivity contribution in [2.45, 2.75) is 46.1 Å². The maximum Gasteiger partial charge on any atom is 0.318 e. The summed E-state index contributed by atoms with van der Waals surface area (Å²) in [5, 5.41) is 5.49. The predicted molar refractivity (Wildman–Crippen MR) is 88.0 cm³/mol. The van der Waals surface area contributed by atoms with E-state index >= 15 is 0 Å². The molecule has 2 heterocycles. The van der Waals surface area contributed by atoms with Crippen molar-refractivity contribution in [3.05, 3.63) is 23.7 Å². The van der Waals surface area contributed by atoms with Gasteiger partial charge in [-0.2, -0.15) is 0 Å². The molecule has 0 unspecified atom stereocenters. The molecular formula is C17H27N3O3. The third-order valence-electron chi connectivity index (χ3n) is 3.98. The number of aryl methyl sites for hydroxylation is 1. The monoisotopic (exact) mass is 321 g/mol. The van der Waals surface area contributed by atoms with Crippen LogP contribution in [0.15, 0.2) is 16.5 Å². The van der Waals surface area contributed by atoms with Crippen LogP contribution in [-0.4, -0.2) is 36.5 Å². The normalized spacial score (nSPS) is 17.6. The molecule has 2 N–H and O–H groups in total. The van der Waals surface area contributed by atoms with Crippen LogP contribution in [0.1, 0.15) is 51.2 Å². The fourth-order valence-electron chi connectivity index (χ4n) is 2.71. The van der Waals surface area contributed by atoms with Crippen molar-refractivity contribution in [3.63, 3.8) is 0 Å². The first-order valence-electron chi connectivity index (χ1n) is 8.41. The van der Waals surface area contributed by atoms with Gasteiger partial charge in [-0.1, -0.05) is 20.8 Å². The Morgan fingerprint density at radius 1 is 1.35 bits per heavy atom. The van der Waals surface area contributed by atoms with Crippen molar-refractivity contribution in [2.75, 3.05) is 19.6 Å². The van der Waals surface area contributed by atoms with Crippen LogP contribution in [-0.2, 0) is 11.2 Å². The summed E-state index contributed by atoms with van der Waals surface area (Å²) >= 11 is 0. The van der Waals surface area contributed by atoms with Gasteiger partial charge in [-0.3, -0.25) is 4.79 Å². The topological polar surface area (TPSA) is 74.6 Å². The van der Waals surface area contributed by atoms with Gasteiger partial charge < -0.3 is 20.0 Å². The first-order valence-corrected chi connectivity index (χ1v) is 8.41. The van der Waals surface area contributed by atoms with E-state index in [-0.39, 0.29) is 24.5 Å². The lowest BCUT2D eigenvalue weighted by atomic mass is 10.2. The number of furan rings is 1. The highest BCUT2D eigenvalue weighted by Gasteiger charge is 2.32. The Bertz CT molecular complexity index is 539. The second kappa shape index (κ2) is 8.04. The van der Waals surface area contributed by atoms with Gasteiger partial charge in [-0.25, -0.2) is 4.79 Å². The standard InChI is InChI=1S/C17H27N3O3/c1-4-13-7-8-15(23-13)14-6-5-9-20(14)17(22)19-11-16(21)18-10-12(2)3/h7-8,12,14H,4-6,9-11H2,1-3H3,(H,18,21)(H,19,22)/t14-/m0/s1. The number of carbonyl (C=O) groups excluding carboxylic acids is 2. The molecule has 128 valence electrons. The van der Waals surface area contributed by atoms with Crippen molar-refractivity contribution >= 4 is 11.9 Å². The highest BCUT2D eigenvalue weighted by molar-refractivity contribution is 5.84. The number of hydrogen-bond acceptors (Lipinski definition) is 3. The number of nitrogens with one attached hydrogen (secondary N) is 2. The van der Waals surface area contributed by atoms with Gasteiger partial charge >= 0.3 is 6.03 Å². The van der Waals surface area contributed by atoms with Crippen LogP contribution in [0.2, 0.25) is 0 Å². The largest absolute Gasteiger partial charge is 0.464 e. The van der Waals surface area contributed by atoms with E-state index in [1.807, 2.05) is 32.9 Å². The molecule has 0 aliphatic carbocycles. The Labute approximate surface area is 137 Å². The molecule has 1 aliphatic heterocycles. The number of hydrogen-bond donors (Lipinski definition) is 2. The molecule has 3 amide bonds. The maximum absolute atomic E-state index is 12.3. The molecule has 0 saturated carbocycles. The molecule has 23 heavy (non-hydrogen) atoms. The Hall–Kier alpha value is -1.98. The minimum Gasteiger partial charge on any atom is -0.464 e. The maximum atomic E-state index is 12.3. The lowest BCUT2D eigenvalue weighted by Gasteiger charge is -2.23. The lowest BCUT2D eigenvalue weighted by molar-refractivity contribution is -0.120. The zero-order chi connectivity index (χ0) is 16.8. The molecule has 6 heteroatoms. The van der Waals surface area contributed by atoms with Crippen LogP contribution in [0.25, 0.3) is 0 Å². The average Bonchev–Trinajstić information content (AvgIpc) is 3.18. The quantitative estimate of drug-likeness (QED) is 0.845. The van der Waals surface area contributed by atoms with E-state index < -0.39 is 0 Å². The second-order valence-corrected chi connectivity index (χ2v) is 6.37. The Morgan fingerprint density at radius 2 is 2.13 bits per heavy atom. The number of rotatable bonds is 6. The Morgan fingerprint density at radius 3 is 2.78 bits per heavy atom. The van der Waals surface area contributed by atoms with E-state index in [9.17, 15) is 9.59 Å². The van der Waals surface area contributed by atoms with E-state index in [0.29, 0.717) is 19.0 Å². The van der Waals surface area contributed by atoms with Crippen LogP contribution >= 0.6 is 0 Å². The molecular weight excluding hydrogens is 294 g/mol. The highest BCUT2D eigenvalue weighted by Crippen LogP contribution is 2.32. The zero-order valence-electron chi connectivity index (χ0n) is 14.2. The molecule has 1 aromatic heterocycles. The number of nitrogens with zero attached hydrogens (tertiary/aromatic N) is 1. The summed E-state index contributed by atoms with van der Waals surface area (Å²) in [4.78, 5) is 25.8. The van der Waals surface area contributed by atoms with Crippen LogP contribution in [0, 0.1) is 5.92 Å². The minimum absolute atomic E-state index is 0.00708. The van der Waals surface area contributed by atoms with Gasteiger partial charge in [0.15, 0.2) is 0 Å². The molecule has 6 nitrogen and oxygen atoms in total. The van der Waals surface area contributed by atoms with Crippen molar-refractivity contribution in [1.82, 2.24) is 15.5 Å². The SMILES string of the molecule is CCc1ccc([C@@H]2CCCN2C(=O)NCC(=O)NCC(C)C)o1. The summed E-state index contributed by atoms with van der Waals surface area (Å²) in [6, 6.07) is 3.67. The van der Waals surface area contributed by atoms with Gasteiger partial charge in [0.1, 0.15) is 11.5 Å². The van der Waals surface area contributed by atoms with Crippen molar-refractivity contribution in [1.29, 1.82) is 0 Å². The molecule has 1 saturated heterocycles. The summed E-state index contributed by atoms with van der Waals surface area (Å²) in [6.07, 6.45) is 2.68. The number of likely N-dealkylation sites (tertiary alicyclic amines) is 1.